The van der Waals surface area contributed by atoms with E-state index >= 15 is 0 Å². The molecule has 3 nitrogen and oxygen atoms in total. The second-order valence-corrected chi connectivity index (χ2v) is 3.47. The minimum Gasteiger partial charge on any atom is -0.339 e. The van der Waals surface area contributed by atoms with Crippen molar-refractivity contribution in [1.82, 2.24) is 4.90 Å². The molecule has 0 aromatic carbocycles. The lowest BCUT2D eigenvalue weighted by Crippen LogP contribution is -2.57. The molecule has 0 aliphatic carbocycles. The monoisotopic (exact) mass is 180 g/mol. The number of hydrogen-bond donors (Lipinski definition) is 1. The van der Waals surface area contributed by atoms with Gasteiger partial charge in [-0.15, -0.1) is 12.3 Å². The van der Waals surface area contributed by atoms with Crippen LogP contribution in [0.5, 0.6) is 0 Å². The molecule has 1 rings (SSSR count). The predicted molar refractivity (Wildman–Crippen MR) is 51.9 cm³/mol. The number of nitrogens with two attached hydrogens (primary N) is 1. The van der Waals surface area contributed by atoms with Crippen LogP contribution in [0.3, 0.4) is 0 Å². The molecule has 1 heterocycles. The van der Waals surface area contributed by atoms with Crippen molar-refractivity contribution in [1.29, 1.82) is 0 Å². The fourth-order valence-electron chi connectivity index (χ4n) is 1.38. The van der Waals surface area contributed by atoms with Crippen molar-refractivity contribution in [3.63, 3.8) is 0 Å². The molecule has 2 N–H and O–H groups in total. The number of amides is 1. The molecular formula is C10H16N2O. The van der Waals surface area contributed by atoms with E-state index in [0.717, 1.165) is 32.4 Å². The molecular weight excluding hydrogens is 164 g/mol. The first-order chi connectivity index (χ1) is 6.24. The number of nitrogens with zero attached hydrogens (tertiary/aromatic N) is 1. The molecule has 0 radical (unpaired) electrons. The van der Waals surface area contributed by atoms with E-state index in [1.807, 2.05) is 0 Å². The van der Waals surface area contributed by atoms with Crippen molar-refractivity contribution in [2.45, 2.75) is 31.7 Å². The first kappa shape index (κ1) is 10.1. The van der Waals surface area contributed by atoms with Gasteiger partial charge in [-0.3, -0.25) is 4.79 Å². The van der Waals surface area contributed by atoms with E-state index in [1.165, 1.54) is 0 Å². The van der Waals surface area contributed by atoms with Gasteiger partial charge >= 0.3 is 0 Å². The van der Waals surface area contributed by atoms with Crippen LogP contribution in [0.15, 0.2) is 0 Å². The Morgan fingerprint density at radius 2 is 2.23 bits per heavy atom. The number of hydrogen-bond acceptors (Lipinski definition) is 2. The molecule has 0 bridgehead atoms. The topological polar surface area (TPSA) is 46.3 Å². The summed E-state index contributed by atoms with van der Waals surface area (Å²) in [5, 5.41) is 0. The van der Waals surface area contributed by atoms with Crippen LogP contribution in [-0.2, 0) is 4.79 Å². The Hall–Kier alpha value is -1.01. The fraction of sp³-hybridized carbons (Fsp3) is 0.700. The fourth-order valence-corrected chi connectivity index (χ4v) is 1.38. The van der Waals surface area contributed by atoms with Crippen LogP contribution >= 0.6 is 0 Å². The van der Waals surface area contributed by atoms with Gasteiger partial charge in [0.15, 0.2) is 0 Å². The second kappa shape index (κ2) is 4.88. The smallest absolute Gasteiger partial charge is 0.222 e. The molecule has 0 saturated carbocycles. The zero-order valence-electron chi connectivity index (χ0n) is 7.83. The van der Waals surface area contributed by atoms with Gasteiger partial charge in [0.05, 0.1) is 0 Å². The average Bonchev–Trinajstić information content (AvgIpc) is 2.07. The molecule has 1 aliphatic heterocycles. The third-order valence-electron chi connectivity index (χ3n) is 2.22. The molecule has 3 heteroatoms. The third kappa shape index (κ3) is 3.08. The van der Waals surface area contributed by atoms with Gasteiger partial charge in [0, 0.05) is 32.0 Å². The maximum Gasteiger partial charge on any atom is 0.222 e. The summed E-state index contributed by atoms with van der Waals surface area (Å²) in [5.41, 5.74) is 5.56. The molecule has 0 spiro atoms. The van der Waals surface area contributed by atoms with Crippen molar-refractivity contribution < 1.29 is 4.79 Å². The van der Waals surface area contributed by atoms with Gasteiger partial charge < -0.3 is 10.6 Å². The zero-order valence-corrected chi connectivity index (χ0v) is 7.83. The summed E-state index contributed by atoms with van der Waals surface area (Å²) in [6, 6.07) is 0.203. The van der Waals surface area contributed by atoms with Crippen LogP contribution in [-0.4, -0.2) is 29.9 Å². The van der Waals surface area contributed by atoms with Crippen LogP contribution in [0.2, 0.25) is 0 Å². The van der Waals surface area contributed by atoms with Gasteiger partial charge in [0.1, 0.15) is 0 Å². The largest absolute Gasteiger partial charge is 0.339 e. The van der Waals surface area contributed by atoms with E-state index in [9.17, 15) is 4.79 Å². The second-order valence-electron chi connectivity index (χ2n) is 3.47. The average molecular weight is 180 g/mol. The summed E-state index contributed by atoms with van der Waals surface area (Å²) in [6.07, 6.45) is 8.33. The minimum absolute atomic E-state index is 0.203. The number of terminal acetylenes is 1. The summed E-state index contributed by atoms with van der Waals surface area (Å²) < 4.78 is 0. The molecule has 1 saturated heterocycles. The summed E-state index contributed by atoms with van der Waals surface area (Å²) in [4.78, 5) is 13.2. The highest BCUT2D eigenvalue weighted by Crippen LogP contribution is 2.09. The maximum absolute atomic E-state index is 11.4. The van der Waals surface area contributed by atoms with E-state index < -0.39 is 0 Å². The number of carbonyl (C=O) groups is 1. The molecule has 1 aliphatic rings. The van der Waals surface area contributed by atoms with Crippen molar-refractivity contribution in [3.8, 4) is 12.3 Å². The number of carbonyl (C=O) groups excluding carboxylic acids is 1. The SMILES string of the molecule is C#CCCCCC(=O)N1CC(N)C1. The van der Waals surface area contributed by atoms with Gasteiger partial charge in [-0.05, 0) is 12.8 Å². The molecule has 1 fully saturated rings. The van der Waals surface area contributed by atoms with E-state index in [0.29, 0.717) is 6.42 Å². The van der Waals surface area contributed by atoms with Gasteiger partial charge in [-0.2, -0.15) is 0 Å². The predicted octanol–water partition coefficient (Wildman–Crippen LogP) is 0.350. The van der Waals surface area contributed by atoms with Gasteiger partial charge in [0.2, 0.25) is 5.91 Å². The van der Waals surface area contributed by atoms with Crippen LogP contribution in [0.1, 0.15) is 25.7 Å². The van der Waals surface area contributed by atoms with Crippen molar-refractivity contribution in [2.24, 2.45) is 5.73 Å². The summed E-state index contributed by atoms with van der Waals surface area (Å²) >= 11 is 0. The Bertz CT molecular complexity index is 213. The van der Waals surface area contributed by atoms with E-state index in [-0.39, 0.29) is 11.9 Å². The lowest BCUT2D eigenvalue weighted by Gasteiger charge is -2.36. The van der Waals surface area contributed by atoms with Gasteiger partial charge in [0.25, 0.3) is 0 Å². The first-order valence-corrected chi connectivity index (χ1v) is 4.71. The highest BCUT2D eigenvalue weighted by atomic mass is 16.2. The third-order valence-corrected chi connectivity index (χ3v) is 2.22. The van der Waals surface area contributed by atoms with Gasteiger partial charge in [-0.25, -0.2) is 0 Å². The maximum atomic E-state index is 11.4. The molecule has 13 heavy (non-hydrogen) atoms. The molecule has 0 aromatic heterocycles. The summed E-state index contributed by atoms with van der Waals surface area (Å²) in [7, 11) is 0. The number of unbranched alkanes of at least 4 members (excludes halogenated alkanes) is 2. The molecule has 0 aromatic rings. The van der Waals surface area contributed by atoms with Crippen LogP contribution < -0.4 is 5.73 Å². The van der Waals surface area contributed by atoms with Crippen LogP contribution in [0.25, 0.3) is 0 Å². The molecule has 72 valence electrons. The van der Waals surface area contributed by atoms with Crippen molar-refractivity contribution in [2.75, 3.05) is 13.1 Å². The van der Waals surface area contributed by atoms with Crippen LogP contribution in [0.4, 0.5) is 0 Å². The van der Waals surface area contributed by atoms with Crippen molar-refractivity contribution >= 4 is 5.91 Å². The first-order valence-electron chi connectivity index (χ1n) is 4.71. The summed E-state index contributed by atoms with van der Waals surface area (Å²) in [5.74, 6) is 2.78. The Morgan fingerprint density at radius 3 is 2.77 bits per heavy atom. The molecule has 0 unspecified atom stereocenters. The Kier molecular flexibility index (Phi) is 3.78. The number of likely N-dealkylation sites (tertiary alicyclic amines) is 1. The highest BCUT2D eigenvalue weighted by Gasteiger charge is 2.26. The van der Waals surface area contributed by atoms with Gasteiger partial charge in [-0.1, -0.05) is 0 Å². The standard InChI is InChI=1S/C10H16N2O/c1-2-3-4-5-6-10(13)12-7-9(11)8-12/h1,9H,3-8,11H2. The molecule has 0 atom stereocenters. The summed E-state index contributed by atoms with van der Waals surface area (Å²) in [6.45, 7) is 1.46. The number of rotatable bonds is 4. The Labute approximate surface area is 79.3 Å². The van der Waals surface area contributed by atoms with E-state index in [2.05, 4.69) is 5.92 Å². The quantitative estimate of drug-likeness (QED) is 0.501. The van der Waals surface area contributed by atoms with Crippen molar-refractivity contribution in [3.05, 3.63) is 0 Å². The highest BCUT2D eigenvalue weighted by molar-refractivity contribution is 5.77. The normalized spacial score (nSPS) is 16.5. The Balaban J connectivity index is 2.02. The lowest BCUT2D eigenvalue weighted by atomic mass is 10.1. The minimum atomic E-state index is 0.203. The van der Waals surface area contributed by atoms with E-state index in [1.54, 1.807) is 4.90 Å². The van der Waals surface area contributed by atoms with Crippen LogP contribution in [0, 0.1) is 12.3 Å². The molecule has 1 amide bonds. The van der Waals surface area contributed by atoms with E-state index in [4.69, 9.17) is 12.2 Å². The lowest BCUT2D eigenvalue weighted by molar-refractivity contribution is -0.135. The zero-order chi connectivity index (χ0) is 9.68. The Morgan fingerprint density at radius 1 is 1.54 bits per heavy atom.